The molecule has 0 bridgehead atoms. The molecule has 0 aliphatic carbocycles. The van der Waals surface area contributed by atoms with Crippen LogP contribution in [0, 0.1) is 0 Å². The quantitative estimate of drug-likeness (QED) is 0.843. The monoisotopic (exact) mass is 234 g/mol. The van der Waals surface area contributed by atoms with Crippen LogP contribution < -0.4 is 0 Å². The molecule has 0 fully saturated rings. The summed E-state index contributed by atoms with van der Waals surface area (Å²) >= 11 is 11.7. The third kappa shape index (κ3) is 2.85. The van der Waals surface area contributed by atoms with Gasteiger partial charge in [-0.3, -0.25) is 0 Å². The Morgan fingerprint density at radius 1 is 1.29 bits per heavy atom. The highest BCUT2D eigenvalue weighted by Gasteiger charge is 2.14. The molecule has 0 heterocycles. The predicted molar refractivity (Wildman–Crippen MR) is 57.9 cm³/mol. The van der Waals surface area contributed by atoms with E-state index in [9.17, 15) is 5.11 Å². The van der Waals surface area contributed by atoms with Gasteiger partial charge in [-0.2, -0.15) is 0 Å². The topological polar surface area (TPSA) is 40.5 Å². The first-order valence-electron chi connectivity index (χ1n) is 4.31. The molecule has 1 rings (SSSR count). The molecular formula is C10H12Cl2O2. The molecule has 0 aliphatic heterocycles. The van der Waals surface area contributed by atoms with Crippen LogP contribution in [0.4, 0.5) is 0 Å². The van der Waals surface area contributed by atoms with Crippen LogP contribution in [0.2, 0.25) is 10.0 Å². The lowest BCUT2D eigenvalue weighted by molar-refractivity contribution is 0.0320. The van der Waals surface area contributed by atoms with E-state index in [2.05, 4.69) is 0 Å². The second kappa shape index (κ2) is 4.99. The third-order valence-electron chi connectivity index (χ3n) is 2.02. The van der Waals surface area contributed by atoms with E-state index < -0.39 is 12.2 Å². The number of benzene rings is 1. The first-order valence-corrected chi connectivity index (χ1v) is 5.07. The van der Waals surface area contributed by atoms with Crippen molar-refractivity contribution in [1.29, 1.82) is 0 Å². The highest BCUT2D eigenvalue weighted by Crippen LogP contribution is 2.26. The van der Waals surface area contributed by atoms with Gasteiger partial charge in [0.25, 0.3) is 0 Å². The number of halogens is 2. The standard InChI is InChI=1S/C10H12Cl2O2/c1-6(13)9(14)5-7-3-2-4-8(11)10(7)12/h2-4,6,9,13-14H,5H2,1H3. The molecule has 1 aromatic carbocycles. The largest absolute Gasteiger partial charge is 0.391 e. The summed E-state index contributed by atoms with van der Waals surface area (Å²) in [5.74, 6) is 0. The summed E-state index contributed by atoms with van der Waals surface area (Å²) < 4.78 is 0. The van der Waals surface area contributed by atoms with Crippen molar-refractivity contribution in [2.45, 2.75) is 25.6 Å². The number of rotatable bonds is 3. The fourth-order valence-corrected chi connectivity index (χ4v) is 1.50. The Morgan fingerprint density at radius 2 is 1.93 bits per heavy atom. The summed E-state index contributed by atoms with van der Waals surface area (Å²) in [5, 5.41) is 19.5. The Balaban J connectivity index is 2.82. The number of hydrogen-bond acceptors (Lipinski definition) is 2. The van der Waals surface area contributed by atoms with Crippen molar-refractivity contribution >= 4 is 23.2 Å². The van der Waals surface area contributed by atoms with Crippen molar-refractivity contribution in [1.82, 2.24) is 0 Å². The summed E-state index contributed by atoms with van der Waals surface area (Å²) in [6.07, 6.45) is -1.28. The zero-order valence-corrected chi connectivity index (χ0v) is 9.26. The van der Waals surface area contributed by atoms with Crippen molar-refractivity contribution in [3.63, 3.8) is 0 Å². The number of aliphatic hydroxyl groups is 2. The second-order valence-corrected chi connectivity index (χ2v) is 4.01. The van der Waals surface area contributed by atoms with E-state index in [1.165, 1.54) is 6.92 Å². The molecule has 0 radical (unpaired) electrons. The van der Waals surface area contributed by atoms with Crippen LogP contribution >= 0.6 is 23.2 Å². The van der Waals surface area contributed by atoms with Gasteiger partial charge in [0, 0.05) is 6.42 Å². The Morgan fingerprint density at radius 3 is 2.50 bits per heavy atom. The Labute approximate surface area is 93.1 Å². The van der Waals surface area contributed by atoms with Gasteiger partial charge in [-0.1, -0.05) is 35.3 Å². The van der Waals surface area contributed by atoms with E-state index in [0.29, 0.717) is 16.5 Å². The predicted octanol–water partition coefficient (Wildman–Crippen LogP) is 2.28. The molecule has 0 saturated heterocycles. The molecule has 2 unspecified atom stereocenters. The van der Waals surface area contributed by atoms with E-state index >= 15 is 0 Å². The Kier molecular flexibility index (Phi) is 4.20. The van der Waals surface area contributed by atoms with Crippen LogP contribution in [0.5, 0.6) is 0 Å². The lowest BCUT2D eigenvalue weighted by Crippen LogP contribution is -2.24. The van der Waals surface area contributed by atoms with Crippen LogP contribution in [0.1, 0.15) is 12.5 Å². The summed E-state index contributed by atoms with van der Waals surface area (Å²) in [5.41, 5.74) is 0.743. The molecular weight excluding hydrogens is 223 g/mol. The van der Waals surface area contributed by atoms with Gasteiger partial charge in [-0.05, 0) is 18.6 Å². The number of hydrogen-bond donors (Lipinski definition) is 2. The molecule has 2 N–H and O–H groups in total. The molecule has 78 valence electrons. The average molecular weight is 235 g/mol. The fraction of sp³-hybridized carbons (Fsp3) is 0.400. The van der Waals surface area contributed by atoms with Gasteiger partial charge in [0.2, 0.25) is 0 Å². The highest BCUT2D eigenvalue weighted by atomic mass is 35.5. The average Bonchev–Trinajstić information content (AvgIpc) is 2.12. The van der Waals surface area contributed by atoms with Gasteiger partial charge in [0.15, 0.2) is 0 Å². The third-order valence-corrected chi connectivity index (χ3v) is 2.88. The summed E-state index contributed by atoms with van der Waals surface area (Å²) in [6.45, 7) is 1.53. The summed E-state index contributed by atoms with van der Waals surface area (Å²) in [6, 6.07) is 5.22. The minimum atomic E-state index is -0.814. The van der Waals surface area contributed by atoms with E-state index in [1.807, 2.05) is 0 Å². The van der Waals surface area contributed by atoms with Crippen molar-refractivity contribution < 1.29 is 10.2 Å². The van der Waals surface area contributed by atoms with Gasteiger partial charge in [0.1, 0.15) is 0 Å². The van der Waals surface area contributed by atoms with Crippen LogP contribution in [0.15, 0.2) is 18.2 Å². The maximum atomic E-state index is 9.44. The smallest absolute Gasteiger partial charge is 0.0837 e. The minimum absolute atomic E-state index is 0.303. The van der Waals surface area contributed by atoms with Crippen LogP contribution in [0.3, 0.4) is 0 Å². The second-order valence-electron chi connectivity index (χ2n) is 3.23. The van der Waals surface area contributed by atoms with Crippen molar-refractivity contribution in [3.8, 4) is 0 Å². The molecule has 0 aromatic heterocycles. The van der Waals surface area contributed by atoms with Gasteiger partial charge in [-0.25, -0.2) is 0 Å². The lowest BCUT2D eigenvalue weighted by Gasteiger charge is -2.14. The van der Waals surface area contributed by atoms with E-state index in [1.54, 1.807) is 18.2 Å². The first kappa shape index (κ1) is 11.8. The molecule has 0 saturated carbocycles. The maximum Gasteiger partial charge on any atom is 0.0837 e. The molecule has 14 heavy (non-hydrogen) atoms. The normalized spacial score (nSPS) is 15.2. The van der Waals surface area contributed by atoms with Gasteiger partial charge in [-0.15, -0.1) is 0 Å². The van der Waals surface area contributed by atoms with Crippen LogP contribution in [-0.2, 0) is 6.42 Å². The maximum absolute atomic E-state index is 9.44. The summed E-state index contributed by atoms with van der Waals surface area (Å²) in [7, 11) is 0. The molecule has 0 aliphatic rings. The van der Waals surface area contributed by atoms with E-state index in [0.717, 1.165) is 5.56 Å². The minimum Gasteiger partial charge on any atom is -0.391 e. The first-order chi connectivity index (χ1) is 6.52. The fourth-order valence-electron chi connectivity index (χ4n) is 1.10. The van der Waals surface area contributed by atoms with E-state index in [4.69, 9.17) is 28.3 Å². The molecule has 2 atom stereocenters. The van der Waals surface area contributed by atoms with Crippen LogP contribution in [-0.4, -0.2) is 22.4 Å². The zero-order valence-electron chi connectivity index (χ0n) is 7.74. The van der Waals surface area contributed by atoms with Crippen molar-refractivity contribution in [2.24, 2.45) is 0 Å². The van der Waals surface area contributed by atoms with Crippen LogP contribution in [0.25, 0.3) is 0 Å². The van der Waals surface area contributed by atoms with Gasteiger partial charge in [0.05, 0.1) is 22.3 Å². The van der Waals surface area contributed by atoms with Crippen molar-refractivity contribution in [3.05, 3.63) is 33.8 Å². The molecule has 0 amide bonds. The van der Waals surface area contributed by atoms with Crippen molar-refractivity contribution in [2.75, 3.05) is 0 Å². The SMILES string of the molecule is CC(O)C(O)Cc1cccc(Cl)c1Cl. The Bertz CT molecular complexity index is 313. The molecule has 2 nitrogen and oxygen atoms in total. The van der Waals surface area contributed by atoms with Gasteiger partial charge < -0.3 is 10.2 Å². The highest BCUT2D eigenvalue weighted by molar-refractivity contribution is 6.42. The van der Waals surface area contributed by atoms with Gasteiger partial charge >= 0.3 is 0 Å². The lowest BCUT2D eigenvalue weighted by atomic mass is 10.0. The Hall–Kier alpha value is -0.280. The zero-order chi connectivity index (χ0) is 10.7. The molecule has 0 spiro atoms. The summed E-state index contributed by atoms with van der Waals surface area (Å²) in [4.78, 5) is 0. The molecule has 1 aromatic rings. The molecule has 4 heteroatoms. The van der Waals surface area contributed by atoms with E-state index in [-0.39, 0.29) is 0 Å². The number of aliphatic hydroxyl groups excluding tert-OH is 2.